The highest BCUT2D eigenvalue weighted by Gasteiger charge is 2.33. The van der Waals surface area contributed by atoms with Crippen LogP contribution in [0, 0.1) is 5.92 Å². The molecule has 1 aromatic carbocycles. The summed E-state index contributed by atoms with van der Waals surface area (Å²) in [7, 11) is 0. The number of rotatable bonds is 4. The molecule has 1 N–H and O–H groups in total. The van der Waals surface area contributed by atoms with E-state index >= 15 is 0 Å². The molecule has 0 bridgehead atoms. The average Bonchev–Trinajstić information content (AvgIpc) is 2.53. The van der Waals surface area contributed by atoms with Gasteiger partial charge in [-0.15, -0.1) is 0 Å². The Morgan fingerprint density at radius 2 is 2.00 bits per heavy atom. The van der Waals surface area contributed by atoms with E-state index in [4.69, 9.17) is 11.6 Å². The Morgan fingerprint density at radius 1 is 1.19 bits per heavy atom. The number of halogens is 1. The quantitative estimate of drug-likeness (QED) is 0.874. The molecule has 1 heterocycles. The second kappa shape index (κ2) is 7.02. The maximum absolute atomic E-state index is 6.49. The van der Waals surface area contributed by atoms with Crippen LogP contribution in [0.4, 0.5) is 5.69 Å². The standard InChI is InChI=1S/C18H27ClN2/c1-2-20-13-15-9-10-16(12-17(15)19)21-11-5-7-14-6-3-4-8-18(14)21/h9-10,12,14,18,20H,2-8,11,13H2,1H3. The van der Waals surface area contributed by atoms with E-state index in [2.05, 4.69) is 35.3 Å². The van der Waals surface area contributed by atoms with Gasteiger partial charge in [0.05, 0.1) is 0 Å². The number of hydrogen-bond donors (Lipinski definition) is 1. The SMILES string of the molecule is CCNCc1ccc(N2CCCC3CCCCC32)cc1Cl. The minimum Gasteiger partial charge on any atom is -0.368 e. The monoisotopic (exact) mass is 306 g/mol. The molecular weight excluding hydrogens is 280 g/mol. The van der Waals surface area contributed by atoms with Crippen LogP contribution in [0.2, 0.25) is 5.02 Å². The Labute approximate surface area is 133 Å². The van der Waals surface area contributed by atoms with Crippen molar-refractivity contribution in [3.63, 3.8) is 0 Å². The second-order valence-electron chi connectivity index (χ2n) is 6.50. The lowest BCUT2D eigenvalue weighted by Gasteiger charge is -2.45. The summed E-state index contributed by atoms with van der Waals surface area (Å²) < 4.78 is 0. The lowest BCUT2D eigenvalue weighted by Crippen LogP contribution is -2.46. The van der Waals surface area contributed by atoms with Crippen LogP contribution in [0.15, 0.2) is 18.2 Å². The molecular formula is C18H27ClN2. The number of fused-ring (bicyclic) bond motifs is 1. The lowest BCUT2D eigenvalue weighted by atomic mass is 9.78. The van der Waals surface area contributed by atoms with Crippen molar-refractivity contribution < 1.29 is 0 Å². The van der Waals surface area contributed by atoms with Crippen molar-refractivity contribution in [3.05, 3.63) is 28.8 Å². The first kappa shape index (κ1) is 15.2. The van der Waals surface area contributed by atoms with Crippen LogP contribution < -0.4 is 10.2 Å². The molecule has 0 amide bonds. The molecule has 2 nitrogen and oxygen atoms in total. The van der Waals surface area contributed by atoms with Crippen molar-refractivity contribution in [2.24, 2.45) is 5.92 Å². The third kappa shape index (κ3) is 3.37. The largest absolute Gasteiger partial charge is 0.368 e. The van der Waals surface area contributed by atoms with Crippen LogP contribution in [-0.2, 0) is 6.54 Å². The van der Waals surface area contributed by atoms with Gasteiger partial charge in [0.15, 0.2) is 0 Å². The van der Waals surface area contributed by atoms with E-state index in [-0.39, 0.29) is 0 Å². The van der Waals surface area contributed by atoms with Gasteiger partial charge in [-0.25, -0.2) is 0 Å². The Bertz CT molecular complexity index is 472. The van der Waals surface area contributed by atoms with Crippen molar-refractivity contribution in [2.75, 3.05) is 18.0 Å². The first-order chi connectivity index (χ1) is 10.3. The Kier molecular flexibility index (Phi) is 5.07. The highest BCUT2D eigenvalue weighted by Crippen LogP contribution is 2.38. The van der Waals surface area contributed by atoms with Crippen LogP contribution in [0.1, 0.15) is 51.0 Å². The summed E-state index contributed by atoms with van der Waals surface area (Å²) in [5.41, 5.74) is 2.54. The molecule has 1 aliphatic heterocycles. The minimum absolute atomic E-state index is 0.753. The van der Waals surface area contributed by atoms with Gasteiger partial charge in [0.1, 0.15) is 0 Å². The molecule has 0 spiro atoms. The Hall–Kier alpha value is -0.730. The maximum atomic E-state index is 6.49. The Morgan fingerprint density at radius 3 is 2.81 bits per heavy atom. The molecule has 2 aliphatic rings. The summed E-state index contributed by atoms with van der Waals surface area (Å²) in [6.07, 6.45) is 8.36. The van der Waals surface area contributed by atoms with Crippen LogP contribution in [-0.4, -0.2) is 19.1 Å². The van der Waals surface area contributed by atoms with E-state index in [1.807, 2.05) is 0 Å². The fourth-order valence-electron chi connectivity index (χ4n) is 4.06. The Balaban J connectivity index is 1.77. The molecule has 21 heavy (non-hydrogen) atoms. The third-order valence-corrected chi connectivity index (χ3v) is 5.53. The smallest absolute Gasteiger partial charge is 0.0471 e. The third-order valence-electron chi connectivity index (χ3n) is 5.18. The van der Waals surface area contributed by atoms with Gasteiger partial charge < -0.3 is 10.2 Å². The van der Waals surface area contributed by atoms with Crippen LogP contribution >= 0.6 is 11.6 Å². The first-order valence-corrected chi connectivity index (χ1v) is 8.93. The van der Waals surface area contributed by atoms with Gasteiger partial charge in [-0.2, -0.15) is 0 Å². The number of nitrogens with one attached hydrogen (secondary N) is 1. The summed E-state index contributed by atoms with van der Waals surface area (Å²) in [6.45, 7) is 5.17. The summed E-state index contributed by atoms with van der Waals surface area (Å²) in [5.74, 6) is 0.910. The molecule has 2 atom stereocenters. The van der Waals surface area contributed by atoms with E-state index in [1.54, 1.807) is 0 Å². The normalized spacial score (nSPS) is 25.7. The van der Waals surface area contributed by atoms with E-state index in [1.165, 1.54) is 56.3 Å². The number of hydrogen-bond acceptors (Lipinski definition) is 2. The first-order valence-electron chi connectivity index (χ1n) is 8.55. The van der Waals surface area contributed by atoms with Crippen molar-refractivity contribution in [3.8, 4) is 0 Å². The fraction of sp³-hybridized carbons (Fsp3) is 0.667. The van der Waals surface area contributed by atoms with Gasteiger partial charge in [0.2, 0.25) is 0 Å². The summed E-state index contributed by atoms with van der Waals surface area (Å²) in [5, 5.41) is 4.26. The van der Waals surface area contributed by atoms with Crippen LogP contribution in [0.3, 0.4) is 0 Å². The van der Waals surface area contributed by atoms with Gasteiger partial charge in [0, 0.05) is 29.8 Å². The van der Waals surface area contributed by atoms with E-state index in [0.29, 0.717) is 0 Å². The molecule has 3 rings (SSSR count). The van der Waals surface area contributed by atoms with Gasteiger partial charge in [-0.3, -0.25) is 0 Å². The van der Waals surface area contributed by atoms with Gasteiger partial charge in [-0.1, -0.05) is 37.4 Å². The number of benzene rings is 1. The molecule has 3 heteroatoms. The zero-order valence-corrected chi connectivity index (χ0v) is 13.8. The highest BCUT2D eigenvalue weighted by molar-refractivity contribution is 6.31. The number of piperidine rings is 1. The topological polar surface area (TPSA) is 15.3 Å². The second-order valence-corrected chi connectivity index (χ2v) is 6.91. The minimum atomic E-state index is 0.753. The molecule has 1 saturated carbocycles. The fourth-order valence-corrected chi connectivity index (χ4v) is 4.30. The summed E-state index contributed by atoms with van der Waals surface area (Å²) in [4.78, 5) is 2.64. The van der Waals surface area contributed by atoms with E-state index in [0.717, 1.165) is 30.1 Å². The lowest BCUT2D eigenvalue weighted by molar-refractivity contribution is 0.244. The molecule has 2 unspecified atom stereocenters. The molecule has 0 aromatic heterocycles. The van der Waals surface area contributed by atoms with Crippen molar-refractivity contribution in [1.29, 1.82) is 0 Å². The van der Waals surface area contributed by atoms with E-state index in [9.17, 15) is 0 Å². The predicted octanol–water partition coefficient (Wildman–Crippen LogP) is 4.61. The highest BCUT2D eigenvalue weighted by atomic mass is 35.5. The average molecular weight is 307 g/mol. The summed E-state index contributed by atoms with van der Waals surface area (Å²) >= 11 is 6.49. The van der Waals surface area contributed by atoms with Crippen molar-refractivity contribution in [1.82, 2.24) is 5.32 Å². The molecule has 2 fully saturated rings. The van der Waals surface area contributed by atoms with Gasteiger partial charge in [0.25, 0.3) is 0 Å². The maximum Gasteiger partial charge on any atom is 0.0471 e. The molecule has 1 aliphatic carbocycles. The predicted molar refractivity (Wildman–Crippen MR) is 91.2 cm³/mol. The molecule has 1 aromatic rings. The molecule has 0 radical (unpaired) electrons. The van der Waals surface area contributed by atoms with Crippen LogP contribution in [0.25, 0.3) is 0 Å². The van der Waals surface area contributed by atoms with Crippen molar-refractivity contribution in [2.45, 2.75) is 58.0 Å². The summed E-state index contributed by atoms with van der Waals surface area (Å²) in [6, 6.07) is 7.41. The number of anilines is 1. The van der Waals surface area contributed by atoms with Crippen molar-refractivity contribution >= 4 is 17.3 Å². The van der Waals surface area contributed by atoms with Gasteiger partial charge >= 0.3 is 0 Å². The van der Waals surface area contributed by atoms with E-state index < -0.39 is 0 Å². The molecule has 116 valence electrons. The zero-order valence-electron chi connectivity index (χ0n) is 13.1. The van der Waals surface area contributed by atoms with Crippen LogP contribution in [0.5, 0.6) is 0 Å². The van der Waals surface area contributed by atoms with Gasteiger partial charge in [-0.05, 0) is 55.8 Å². The molecule has 1 saturated heterocycles. The number of nitrogens with zero attached hydrogens (tertiary/aromatic N) is 1. The zero-order chi connectivity index (χ0) is 14.7.